The molecule has 0 aliphatic carbocycles. The number of benzene rings is 1. The summed E-state index contributed by atoms with van der Waals surface area (Å²) in [5.41, 5.74) is -0.223. The molecule has 8 heteroatoms. The zero-order chi connectivity index (χ0) is 18.6. The van der Waals surface area contributed by atoms with Gasteiger partial charge in [-0.2, -0.15) is 0 Å². The van der Waals surface area contributed by atoms with Gasteiger partial charge >= 0.3 is 5.97 Å². The molecule has 0 radical (unpaired) electrons. The van der Waals surface area contributed by atoms with Crippen LogP contribution < -0.4 is 0 Å². The van der Waals surface area contributed by atoms with Crippen molar-refractivity contribution < 1.29 is 19.2 Å². The number of carbonyl (C=O) groups is 2. The SMILES string of the molecule is CC(C)N(C(=O)[C@H](C)OC(=O)c1ccc(Br)c([N+](=O)[O-])c1)C(C)C. The fraction of sp³-hybridized carbons (Fsp3) is 0.500. The quantitative estimate of drug-likeness (QED) is 0.413. The lowest BCUT2D eigenvalue weighted by atomic mass is 10.2. The maximum atomic E-state index is 12.5. The monoisotopic (exact) mass is 400 g/mol. The normalized spacial score (nSPS) is 12.2. The lowest BCUT2D eigenvalue weighted by molar-refractivity contribution is -0.385. The second kappa shape index (κ2) is 8.23. The van der Waals surface area contributed by atoms with Gasteiger partial charge in [0.15, 0.2) is 6.10 Å². The lowest BCUT2D eigenvalue weighted by Gasteiger charge is -2.32. The van der Waals surface area contributed by atoms with Crippen LogP contribution in [-0.2, 0) is 9.53 Å². The molecule has 0 fully saturated rings. The van der Waals surface area contributed by atoms with E-state index in [2.05, 4.69) is 15.9 Å². The zero-order valence-electron chi connectivity index (χ0n) is 14.3. The van der Waals surface area contributed by atoms with E-state index in [1.807, 2.05) is 27.7 Å². The Morgan fingerprint density at radius 2 is 1.71 bits per heavy atom. The molecule has 1 atom stereocenters. The fourth-order valence-electron chi connectivity index (χ4n) is 2.37. The van der Waals surface area contributed by atoms with Gasteiger partial charge in [-0.25, -0.2) is 4.79 Å². The van der Waals surface area contributed by atoms with E-state index in [1.54, 1.807) is 4.90 Å². The molecule has 0 spiro atoms. The zero-order valence-corrected chi connectivity index (χ0v) is 15.9. The number of rotatable bonds is 6. The van der Waals surface area contributed by atoms with Crippen molar-refractivity contribution in [1.29, 1.82) is 0 Å². The van der Waals surface area contributed by atoms with E-state index in [0.29, 0.717) is 0 Å². The van der Waals surface area contributed by atoms with Crippen molar-refractivity contribution >= 4 is 33.5 Å². The summed E-state index contributed by atoms with van der Waals surface area (Å²) in [4.78, 5) is 36.6. The number of amides is 1. The van der Waals surface area contributed by atoms with Crippen LogP contribution in [-0.4, -0.2) is 39.9 Å². The molecule has 132 valence electrons. The Kier molecular flexibility index (Phi) is 6.89. The van der Waals surface area contributed by atoms with Gasteiger partial charge in [0.2, 0.25) is 0 Å². The second-order valence-electron chi connectivity index (χ2n) is 5.90. The first-order chi connectivity index (χ1) is 11.1. The Morgan fingerprint density at radius 3 is 2.17 bits per heavy atom. The summed E-state index contributed by atoms with van der Waals surface area (Å²) in [6, 6.07) is 3.85. The van der Waals surface area contributed by atoms with Crippen molar-refractivity contribution in [3.8, 4) is 0 Å². The van der Waals surface area contributed by atoms with E-state index in [0.717, 1.165) is 6.07 Å². The summed E-state index contributed by atoms with van der Waals surface area (Å²) in [7, 11) is 0. The van der Waals surface area contributed by atoms with Crippen molar-refractivity contribution in [2.24, 2.45) is 0 Å². The average molecular weight is 401 g/mol. The molecule has 1 aromatic rings. The highest BCUT2D eigenvalue weighted by molar-refractivity contribution is 9.10. The summed E-state index contributed by atoms with van der Waals surface area (Å²) in [6.45, 7) is 9.01. The predicted octanol–water partition coefficient (Wildman–Crippen LogP) is 3.55. The molecule has 1 rings (SSSR count). The van der Waals surface area contributed by atoms with E-state index < -0.39 is 17.0 Å². The minimum absolute atomic E-state index is 0.0187. The van der Waals surface area contributed by atoms with Gasteiger partial charge in [-0.05, 0) is 62.7 Å². The predicted molar refractivity (Wildman–Crippen MR) is 92.8 cm³/mol. The van der Waals surface area contributed by atoms with Gasteiger partial charge in [-0.15, -0.1) is 0 Å². The Morgan fingerprint density at radius 1 is 1.17 bits per heavy atom. The van der Waals surface area contributed by atoms with Gasteiger partial charge in [0.1, 0.15) is 0 Å². The van der Waals surface area contributed by atoms with Crippen molar-refractivity contribution in [1.82, 2.24) is 4.90 Å². The minimum Gasteiger partial charge on any atom is -0.449 e. The molecule has 1 aromatic carbocycles. The van der Waals surface area contributed by atoms with Crippen molar-refractivity contribution in [2.75, 3.05) is 0 Å². The standard InChI is InChI=1S/C16H21BrN2O5/c1-9(2)18(10(3)4)15(20)11(5)24-16(21)12-6-7-13(17)14(8-12)19(22)23/h6-11H,1-5H3/t11-/m0/s1. The molecule has 0 saturated heterocycles. The number of hydrogen-bond donors (Lipinski definition) is 0. The average Bonchev–Trinajstić information content (AvgIpc) is 2.46. The Hall–Kier alpha value is -1.96. The van der Waals surface area contributed by atoms with Crippen LogP contribution in [0.15, 0.2) is 22.7 Å². The van der Waals surface area contributed by atoms with Crippen LogP contribution in [0.3, 0.4) is 0 Å². The molecule has 0 bridgehead atoms. The highest BCUT2D eigenvalue weighted by atomic mass is 79.9. The van der Waals surface area contributed by atoms with Crippen LogP contribution in [0.4, 0.5) is 5.69 Å². The van der Waals surface area contributed by atoms with Crippen LogP contribution in [0.5, 0.6) is 0 Å². The number of hydrogen-bond acceptors (Lipinski definition) is 5. The molecule has 0 aliphatic rings. The van der Waals surface area contributed by atoms with Crippen molar-refractivity contribution in [2.45, 2.75) is 52.8 Å². The molecule has 24 heavy (non-hydrogen) atoms. The third-order valence-electron chi connectivity index (χ3n) is 3.38. The number of carbonyl (C=O) groups excluding carboxylic acids is 2. The number of nitro benzene ring substituents is 1. The first-order valence-electron chi connectivity index (χ1n) is 7.53. The Labute approximate surface area is 149 Å². The third-order valence-corrected chi connectivity index (χ3v) is 4.05. The van der Waals surface area contributed by atoms with Crippen molar-refractivity contribution in [3.63, 3.8) is 0 Å². The van der Waals surface area contributed by atoms with Crippen LogP contribution >= 0.6 is 15.9 Å². The number of ether oxygens (including phenoxy) is 1. The summed E-state index contributed by atoms with van der Waals surface area (Å²) >= 11 is 3.05. The van der Waals surface area contributed by atoms with Gasteiger partial charge in [0.05, 0.1) is 15.0 Å². The van der Waals surface area contributed by atoms with Gasteiger partial charge in [0, 0.05) is 18.2 Å². The molecule has 0 heterocycles. The van der Waals surface area contributed by atoms with Crippen molar-refractivity contribution in [3.05, 3.63) is 38.3 Å². The van der Waals surface area contributed by atoms with Gasteiger partial charge in [-0.3, -0.25) is 14.9 Å². The summed E-state index contributed by atoms with van der Waals surface area (Å²) in [5, 5.41) is 10.9. The minimum atomic E-state index is -0.981. The Bertz CT molecular complexity index is 637. The third kappa shape index (κ3) is 4.77. The van der Waals surface area contributed by atoms with E-state index >= 15 is 0 Å². The fourth-order valence-corrected chi connectivity index (χ4v) is 2.77. The van der Waals surface area contributed by atoms with Gasteiger partial charge in [-0.1, -0.05) is 0 Å². The lowest BCUT2D eigenvalue weighted by Crippen LogP contribution is -2.47. The largest absolute Gasteiger partial charge is 0.449 e. The van der Waals surface area contributed by atoms with Crippen LogP contribution in [0.1, 0.15) is 45.0 Å². The molecule has 0 unspecified atom stereocenters. The summed E-state index contributed by atoms with van der Waals surface area (Å²) in [5.74, 6) is -1.08. The highest BCUT2D eigenvalue weighted by Gasteiger charge is 2.28. The molecule has 1 amide bonds. The maximum Gasteiger partial charge on any atom is 0.339 e. The topological polar surface area (TPSA) is 89.8 Å². The number of nitrogens with zero attached hydrogens (tertiary/aromatic N) is 2. The molecule has 0 saturated carbocycles. The first-order valence-corrected chi connectivity index (χ1v) is 8.32. The van der Waals surface area contributed by atoms with Crippen LogP contribution in [0.25, 0.3) is 0 Å². The molecule has 0 aliphatic heterocycles. The van der Waals surface area contributed by atoms with E-state index in [1.165, 1.54) is 19.1 Å². The molecular weight excluding hydrogens is 380 g/mol. The second-order valence-corrected chi connectivity index (χ2v) is 6.76. The van der Waals surface area contributed by atoms with Crippen LogP contribution in [0.2, 0.25) is 0 Å². The van der Waals surface area contributed by atoms with E-state index in [4.69, 9.17) is 4.74 Å². The van der Waals surface area contributed by atoms with E-state index in [9.17, 15) is 19.7 Å². The number of halogens is 1. The maximum absolute atomic E-state index is 12.5. The smallest absolute Gasteiger partial charge is 0.339 e. The number of nitro groups is 1. The Balaban J connectivity index is 2.93. The summed E-state index contributed by atoms with van der Waals surface area (Å²) < 4.78 is 5.45. The van der Waals surface area contributed by atoms with E-state index in [-0.39, 0.29) is 33.7 Å². The highest BCUT2D eigenvalue weighted by Crippen LogP contribution is 2.26. The molecule has 7 nitrogen and oxygen atoms in total. The van der Waals surface area contributed by atoms with Crippen LogP contribution in [0, 0.1) is 10.1 Å². The van der Waals surface area contributed by atoms with Gasteiger partial charge in [0.25, 0.3) is 11.6 Å². The molecule has 0 aromatic heterocycles. The molecule has 0 N–H and O–H groups in total. The summed E-state index contributed by atoms with van der Waals surface area (Å²) in [6.07, 6.45) is -0.981. The first kappa shape index (κ1) is 20.1. The van der Waals surface area contributed by atoms with Gasteiger partial charge < -0.3 is 9.64 Å². The number of esters is 1. The molecular formula is C16H21BrN2O5.